The van der Waals surface area contributed by atoms with Crippen molar-refractivity contribution < 1.29 is 0 Å². The molecule has 146 valence electrons. The van der Waals surface area contributed by atoms with Gasteiger partial charge in [0.2, 0.25) is 0 Å². The Balaban J connectivity index is 1.29. The minimum absolute atomic E-state index is 0.0231. The molecule has 2 fully saturated rings. The molecule has 8 heteroatoms. The lowest BCUT2D eigenvalue weighted by Gasteiger charge is -2.17. The van der Waals surface area contributed by atoms with Crippen molar-refractivity contribution in [3.8, 4) is 0 Å². The zero-order chi connectivity index (χ0) is 18.8. The number of nitrogens with one attached hydrogen (secondary N) is 1. The van der Waals surface area contributed by atoms with Crippen molar-refractivity contribution in [1.29, 1.82) is 0 Å². The number of fused-ring (bicyclic) bond motifs is 3. The van der Waals surface area contributed by atoms with Gasteiger partial charge in [-0.05, 0) is 56.4 Å². The van der Waals surface area contributed by atoms with Crippen molar-refractivity contribution in [3.05, 3.63) is 32.4 Å². The molecule has 3 aliphatic carbocycles. The lowest BCUT2D eigenvalue weighted by Crippen LogP contribution is -2.14. The second kappa shape index (κ2) is 6.42. The fourth-order valence-corrected chi connectivity index (χ4v) is 6.56. The van der Waals surface area contributed by atoms with Gasteiger partial charge in [-0.15, -0.1) is 21.5 Å². The van der Waals surface area contributed by atoms with Gasteiger partial charge < -0.3 is 9.55 Å². The number of thiophene rings is 1. The normalized spacial score (nSPS) is 22.0. The molecule has 1 atom stereocenters. The van der Waals surface area contributed by atoms with Crippen LogP contribution in [0.3, 0.4) is 0 Å². The summed E-state index contributed by atoms with van der Waals surface area (Å²) in [5.74, 6) is 3.84. The SMILES string of the molecule is C[C@@H]1CCc2c(sc3nc(CSc4nnc(C5CC5)n4C4CC4)[nH]c(=O)c23)C1. The van der Waals surface area contributed by atoms with Gasteiger partial charge >= 0.3 is 0 Å². The Morgan fingerprint density at radius 2 is 2.07 bits per heavy atom. The van der Waals surface area contributed by atoms with Gasteiger partial charge in [0.25, 0.3) is 5.56 Å². The Kier molecular flexibility index (Phi) is 3.95. The van der Waals surface area contributed by atoms with E-state index >= 15 is 0 Å². The van der Waals surface area contributed by atoms with Gasteiger partial charge in [-0.3, -0.25) is 4.79 Å². The van der Waals surface area contributed by atoms with Gasteiger partial charge in [0.1, 0.15) is 16.5 Å². The highest BCUT2D eigenvalue weighted by molar-refractivity contribution is 7.98. The number of hydrogen-bond donors (Lipinski definition) is 1. The average molecular weight is 414 g/mol. The topological polar surface area (TPSA) is 76.5 Å². The first kappa shape index (κ1) is 17.2. The summed E-state index contributed by atoms with van der Waals surface area (Å²) in [6.45, 7) is 2.29. The van der Waals surface area contributed by atoms with Gasteiger partial charge in [-0.25, -0.2) is 4.98 Å². The van der Waals surface area contributed by atoms with Gasteiger partial charge in [-0.1, -0.05) is 18.7 Å². The van der Waals surface area contributed by atoms with E-state index in [0.717, 1.165) is 40.5 Å². The molecule has 0 spiro atoms. The third-order valence-electron chi connectivity index (χ3n) is 6.10. The number of hydrogen-bond acceptors (Lipinski definition) is 6. The molecule has 3 aliphatic rings. The molecule has 1 N–H and O–H groups in total. The lowest BCUT2D eigenvalue weighted by molar-refractivity contribution is 0.509. The summed E-state index contributed by atoms with van der Waals surface area (Å²) >= 11 is 3.36. The Bertz CT molecular complexity index is 1120. The molecule has 0 aliphatic heterocycles. The van der Waals surface area contributed by atoms with Crippen molar-refractivity contribution in [3.63, 3.8) is 0 Å². The lowest BCUT2D eigenvalue weighted by atomic mass is 9.89. The highest BCUT2D eigenvalue weighted by atomic mass is 32.2. The predicted octanol–water partition coefficient (Wildman–Crippen LogP) is 4.21. The quantitative estimate of drug-likeness (QED) is 0.634. The van der Waals surface area contributed by atoms with E-state index < -0.39 is 0 Å². The smallest absolute Gasteiger partial charge is 0.259 e. The van der Waals surface area contributed by atoms with Crippen LogP contribution in [-0.4, -0.2) is 24.7 Å². The highest BCUT2D eigenvalue weighted by Gasteiger charge is 2.36. The number of aryl methyl sites for hydroxylation is 1. The first-order chi connectivity index (χ1) is 13.7. The summed E-state index contributed by atoms with van der Waals surface area (Å²) in [5.41, 5.74) is 1.27. The van der Waals surface area contributed by atoms with E-state index in [1.54, 1.807) is 23.1 Å². The monoisotopic (exact) mass is 413 g/mol. The van der Waals surface area contributed by atoms with E-state index in [-0.39, 0.29) is 5.56 Å². The number of nitrogens with zero attached hydrogens (tertiary/aromatic N) is 4. The molecule has 0 saturated heterocycles. The van der Waals surface area contributed by atoms with Crippen LogP contribution in [0.5, 0.6) is 0 Å². The van der Waals surface area contributed by atoms with Crippen molar-refractivity contribution >= 4 is 33.3 Å². The molecule has 0 bridgehead atoms. The van der Waals surface area contributed by atoms with Crippen molar-refractivity contribution in [1.82, 2.24) is 24.7 Å². The predicted molar refractivity (Wildman–Crippen MR) is 111 cm³/mol. The number of aromatic nitrogens is 5. The number of aromatic amines is 1. The summed E-state index contributed by atoms with van der Waals surface area (Å²) in [7, 11) is 0. The van der Waals surface area contributed by atoms with Crippen LogP contribution in [0.15, 0.2) is 9.95 Å². The minimum Gasteiger partial charge on any atom is -0.309 e. The number of H-pyrrole nitrogens is 1. The Morgan fingerprint density at radius 3 is 2.86 bits per heavy atom. The van der Waals surface area contributed by atoms with Crippen LogP contribution in [0.1, 0.15) is 73.1 Å². The minimum atomic E-state index is 0.0231. The molecule has 6 rings (SSSR count). The second-order valence-corrected chi connectivity index (χ2v) is 10.6. The van der Waals surface area contributed by atoms with Crippen molar-refractivity contribution in [2.45, 2.75) is 74.7 Å². The van der Waals surface area contributed by atoms with E-state index in [1.807, 2.05) is 0 Å². The molecule has 3 heterocycles. The molecule has 3 aromatic heterocycles. The third kappa shape index (κ3) is 2.92. The number of thioether (sulfide) groups is 1. The largest absolute Gasteiger partial charge is 0.309 e. The van der Waals surface area contributed by atoms with Gasteiger partial charge in [-0.2, -0.15) is 0 Å². The maximum absolute atomic E-state index is 12.8. The molecule has 0 amide bonds. The van der Waals surface area contributed by atoms with Crippen LogP contribution in [0.2, 0.25) is 0 Å². The third-order valence-corrected chi connectivity index (χ3v) is 8.20. The van der Waals surface area contributed by atoms with Crippen molar-refractivity contribution in [2.75, 3.05) is 0 Å². The van der Waals surface area contributed by atoms with Gasteiger partial charge in [0, 0.05) is 16.8 Å². The molecule has 2 saturated carbocycles. The zero-order valence-corrected chi connectivity index (χ0v) is 17.5. The van der Waals surface area contributed by atoms with Gasteiger partial charge in [0.15, 0.2) is 5.16 Å². The van der Waals surface area contributed by atoms with Gasteiger partial charge in [0.05, 0.1) is 11.1 Å². The van der Waals surface area contributed by atoms with E-state index in [9.17, 15) is 4.79 Å². The van der Waals surface area contributed by atoms with Crippen LogP contribution in [0.25, 0.3) is 10.2 Å². The Morgan fingerprint density at radius 1 is 1.21 bits per heavy atom. The summed E-state index contributed by atoms with van der Waals surface area (Å²) in [6.07, 6.45) is 8.18. The highest BCUT2D eigenvalue weighted by Crippen LogP contribution is 2.46. The van der Waals surface area contributed by atoms with Crippen LogP contribution in [0.4, 0.5) is 0 Å². The Labute approximate surface area is 171 Å². The molecular formula is C20H23N5OS2. The molecule has 0 radical (unpaired) electrons. The standard InChI is InChI=1S/C20H23N5OS2/c1-10-2-7-13-14(8-10)28-19-16(13)18(26)21-15(22-19)9-27-20-24-23-17(11-3-4-11)25(20)12-5-6-12/h10-12H,2-9H2,1H3,(H,21,22,26)/t10-/m1/s1. The first-order valence-corrected chi connectivity index (χ1v) is 12.1. The summed E-state index contributed by atoms with van der Waals surface area (Å²) in [4.78, 5) is 22.9. The van der Waals surface area contributed by atoms with E-state index in [4.69, 9.17) is 4.98 Å². The zero-order valence-electron chi connectivity index (χ0n) is 15.9. The molecule has 3 aromatic rings. The maximum atomic E-state index is 12.8. The Hall–Kier alpha value is -1.67. The van der Waals surface area contributed by atoms with Crippen LogP contribution in [-0.2, 0) is 18.6 Å². The van der Waals surface area contributed by atoms with Crippen LogP contribution in [0, 0.1) is 5.92 Å². The van der Waals surface area contributed by atoms with E-state index in [2.05, 4.69) is 26.7 Å². The fraction of sp³-hybridized carbons (Fsp3) is 0.600. The van der Waals surface area contributed by atoms with E-state index in [0.29, 0.717) is 23.6 Å². The van der Waals surface area contributed by atoms with E-state index in [1.165, 1.54) is 41.9 Å². The fourth-order valence-electron chi connectivity index (χ4n) is 4.28. The van der Waals surface area contributed by atoms with Crippen molar-refractivity contribution in [2.24, 2.45) is 5.92 Å². The number of rotatable bonds is 5. The molecule has 0 unspecified atom stereocenters. The summed E-state index contributed by atoms with van der Waals surface area (Å²) in [6, 6.07) is 0.577. The molecular weight excluding hydrogens is 390 g/mol. The summed E-state index contributed by atoms with van der Waals surface area (Å²) in [5, 5.41) is 10.7. The molecule has 0 aromatic carbocycles. The van der Waals surface area contributed by atoms with Crippen LogP contribution >= 0.6 is 23.1 Å². The molecule has 6 nitrogen and oxygen atoms in total. The van der Waals surface area contributed by atoms with Crippen LogP contribution < -0.4 is 5.56 Å². The second-order valence-electron chi connectivity index (χ2n) is 8.55. The maximum Gasteiger partial charge on any atom is 0.259 e. The summed E-state index contributed by atoms with van der Waals surface area (Å²) < 4.78 is 2.35. The first-order valence-electron chi connectivity index (χ1n) is 10.3. The average Bonchev–Trinajstić information content (AvgIpc) is 3.60. The molecule has 28 heavy (non-hydrogen) atoms.